The fraction of sp³-hybridized carbons (Fsp3) is 0.522. The van der Waals surface area contributed by atoms with Crippen molar-refractivity contribution >= 4 is 28.4 Å². The third kappa shape index (κ3) is 2.00. The molecule has 28 heavy (non-hydrogen) atoms. The Balaban J connectivity index is 1.47. The zero-order valence-electron chi connectivity index (χ0n) is 17.1. The van der Waals surface area contributed by atoms with Gasteiger partial charge in [-0.25, -0.2) is 4.98 Å². The first-order valence-corrected chi connectivity index (χ1v) is 10.2. The molecule has 0 saturated heterocycles. The predicted octanol–water partition coefficient (Wildman–Crippen LogP) is 3.72. The first kappa shape index (κ1) is 17.7. The van der Waals surface area contributed by atoms with E-state index in [1.807, 2.05) is 11.9 Å². The van der Waals surface area contributed by atoms with E-state index in [1.54, 1.807) is 0 Å². The number of carbonyl (C=O) groups excluding carboxylic acids is 2. The van der Waals surface area contributed by atoms with Gasteiger partial charge in [0.25, 0.3) is 0 Å². The molecule has 5 rings (SSSR count). The molecule has 1 aromatic carbocycles. The van der Waals surface area contributed by atoms with Crippen LogP contribution >= 0.6 is 0 Å². The Hall–Kier alpha value is -2.43. The minimum Gasteiger partial charge on any atom is -0.299 e. The number of fused-ring (bicyclic) bond motifs is 4. The molecule has 0 unspecified atom stereocenters. The summed E-state index contributed by atoms with van der Waals surface area (Å²) in [5, 5.41) is 3.02. The van der Waals surface area contributed by atoms with Gasteiger partial charge < -0.3 is 0 Å². The number of nitrogens with zero attached hydrogens (tertiary/aromatic N) is 2. The van der Waals surface area contributed by atoms with Gasteiger partial charge in [0, 0.05) is 23.8 Å². The molecule has 1 N–H and O–H groups in total. The van der Waals surface area contributed by atoms with Gasteiger partial charge in [0.2, 0.25) is 5.91 Å². The van der Waals surface area contributed by atoms with Crippen molar-refractivity contribution in [1.29, 1.82) is 0 Å². The number of Topliss-reactive ketones (excluding diaryl/α,β-unsaturated/α-hetero) is 1. The molecule has 1 aliphatic heterocycles. The van der Waals surface area contributed by atoms with E-state index in [4.69, 9.17) is 4.98 Å². The van der Waals surface area contributed by atoms with Gasteiger partial charge in [0.15, 0.2) is 5.82 Å². The Labute approximate surface area is 165 Å². The van der Waals surface area contributed by atoms with Crippen LogP contribution in [0.2, 0.25) is 0 Å². The normalized spacial score (nSPS) is 30.1. The number of aromatic nitrogens is 1. The Bertz CT molecular complexity index is 1040. The van der Waals surface area contributed by atoms with Gasteiger partial charge >= 0.3 is 0 Å². The van der Waals surface area contributed by atoms with Crippen molar-refractivity contribution in [1.82, 2.24) is 10.4 Å². The van der Waals surface area contributed by atoms with Crippen molar-refractivity contribution in [2.45, 2.75) is 53.4 Å². The lowest BCUT2D eigenvalue weighted by atomic mass is 9.64. The second kappa shape index (κ2) is 5.34. The van der Waals surface area contributed by atoms with Gasteiger partial charge in [-0.3, -0.25) is 20.0 Å². The highest BCUT2D eigenvalue weighted by Gasteiger charge is 2.72. The number of ketones is 1. The Kier molecular flexibility index (Phi) is 3.37. The Morgan fingerprint density at radius 3 is 2.64 bits per heavy atom. The summed E-state index contributed by atoms with van der Waals surface area (Å²) in [6, 6.07) is 8.45. The fourth-order valence-electron chi connectivity index (χ4n) is 5.77. The first-order chi connectivity index (χ1) is 13.2. The van der Waals surface area contributed by atoms with Crippen LogP contribution < -0.4 is 10.4 Å². The Morgan fingerprint density at radius 1 is 1.18 bits per heavy atom. The number of anilines is 1. The van der Waals surface area contributed by atoms with Gasteiger partial charge in [-0.05, 0) is 54.9 Å². The monoisotopic (exact) mass is 377 g/mol. The molecule has 5 heteroatoms. The molecule has 1 aromatic heterocycles. The van der Waals surface area contributed by atoms with Gasteiger partial charge in [0.1, 0.15) is 5.78 Å². The molecule has 0 radical (unpaired) electrons. The summed E-state index contributed by atoms with van der Waals surface area (Å²) in [6.07, 6.45) is 2.79. The van der Waals surface area contributed by atoms with E-state index in [0.717, 1.165) is 41.5 Å². The summed E-state index contributed by atoms with van der Waals surface area (Å²) in [5.74, 6) is 1.05. The number of benzene rings is 1. The molecular weight excluding hydrogens is 350 g/mol. The predicted molar refractivity (Wildman–Crippen MR) is 109 cm³/mol. The maximum atomic E-state index is 13.5. The number of hydrogen-bond donors (Lipinski definition) is 1. The van der Waals surface area contributed by atoms with Crippen molar-refractivity contribution in [3.63, 3.8) is 0 Å². The smallest absolute Gasteiger partial charge is 0.245 e. The highest BCUT2D eigenvalue weighted by Crippen LogP contribution is 2.70. The van der Waals surface area contributed by atoms with E-state index in [9.17, 15) is 9.59 Å². The van der Waals surface area contributed by atoms with E-state index < -0.39 is 5.41 Å². The van der Waals surface area contributed by atoms with Gasteiger partial charge in [-0.15, -0.1) is 0 Å². The summed E-state index contributed by atoms with van der Waals surface area (Å²) in [5.41, 5.74) is 5.08. The van der Waals surface area contributed by atoms with Crippen LogP contribution in [0.25, 0.3) is 10.9 Å². The average Bonchev–Trinajstić information content (AvgIpc) is 3.17. The third-order valence-corrected chi connectivity index (χ3v) is 8.27. The fourth-order valence-corrected chi connectivity index (χ4v) is 5.77. The number of nitrogens with one attached hydrogen (secondary N) is 1. The van der Waals surface area contributed by atoms with Crippen LogP contribution in [0.15, 0.2) is 24.3 Å². The number of aryl methyl sites for hydroxylation is 1. The van der Waals surface area contributed by atoms with Gasteiger partial charge in [-0.2, -0.15) is 0 Å². The van der Waals surface area contributed by atoms with E-state index in [0.29, 0.717) is 13.0 Å². The molecule has 5 nitrogen and oxygen atoms in total. The molecule has 2 aliphatic carbocycles. The number of hydrazine groups is 1. The zero-order valence-corrected chi connectivity index (χ0v) is 17.1. The molecule has 2 bridgehead atoms. The van der Waals surface area contributed by atoms with Crippen molar-refractivity contribution in [2.24, 2.45) is 16.2 Å². The molecular formula is C23H27N3O2. The lowest BCUT2D eigenvalue weighted by Gasteiger charge is -2.39. The molecule has 2 aromatic rings. The summed E-state index contributed by atoms with van der Waals surface area (Å²) in [4.78, 5) is 31.0. The number of amides is 1. The van der Waals surface area contributed by atoms with Crippen LogP contribution in [0, 0.1) is 23.2 Å². The molecule has 0 spiro atoms. The minimum absolute atomic E-state index is 0.0222. The summed E-state index contributed by atoms with van der Waals surface area (Å²) >= 11 is 0. The average molecular weight is 377 g/mol. The van der Waals surface area contributed by atoms with Crippen LogP contribution in [-0.4, -0.2) is 23.2 Å². The number of pyridine rings is 1. The number of carbonyl (C=O) groups is 2. The summed E-state index contributed by atoms with van der Waals surface area (Å²) in [6.45, 7) is 9.00. The zero-order chi connectivity index (χ0) is 19.9. The highest BCUT2D eigenvalue weighted by molar-refractivity contribution is 6.00. The number of hydrogen-bond acceptors (Lipinski definition) is 4. The van der Waals surface area contributed by atoms with Crippen LogP contribution in [-0.2, 0) is 16.0 Å². The second-order valence-corrected chi connectivity index (χ2v) is 9.65. The van der Waals surface area contributed by atoms with Crippen LogP contribution in [0.5, 0.6) is 0 Å². The molecule has 2 fully saturated rings. The lowest BCUT2D eigenvalue weighted by molar-refractivity contribution is -0.136. The molecule has 2 heterocycles. The van der Waals surface area contributed by atoms with E-state index >= 15 is 0 Å². The van der Waals surface area contributed by atoms with E-state index in [1.165, 1.54) is 5.56 Å². The molecule has 3 aliphatic rings. The number of rotatable bonds is 2. The van der Waals surface area contributed by atoms with Crippen LogP contribution in [0.4, 0.5) is 5.82 Å². The lowest BCUT2D eigenvalue weighted by Crippen LogP contribution is -2.52. The van der Waals surface area contributed by atoms with Crippen LogP contribution in [0.1, 0.15) is 51.2 Å². The maximum absolute atomic E-state index is 13.5. The molecule has 2 atom stereocenters. The SMILES string of the molecule is Cc1ccc2cc3c(nc2c1)N(NC(=O)[C@@]12CC[C@](C)(C(=O)C1)C2(C)C)CC3. The first-order valence-electron chi connectivity index (χ1n) is 10.2. The standard InChI is InChI=1S/C23H27N3O2/c1-14-5-6-15-12-16-7-10-26(19(16)24-17(15)11-14)25-20(28)23-9-8-22(4,18(27)13-23)21(23,2)3/h5-6,11-12H,7-10,13H2,1-4H3,(H,25,28)/t22-,23-/m1/s1. The van der Waals surface area contributed by atoms with Gasteiger partial charge in [0.05, 0.1) is 10.9 Å². The van der Waals surface area contributed by atoms with E-state index in [2.05, 4.69) is 50.5 Å². The van der Waals surface area contributed by atoms with Crippen molar-refractivity contribution in [3.05, 3.63) is 35.4 Å². The highest BCUT2D eigenvalue weighted by atomic mass is 16.2. The van der Waals surface area contributed by atoms with Gasteiger partial charge in [-0.1, -0.05) is 32.9 Å². The topological polar surface area (TPSA) is 62.3 Å². The largest absolute Gasteiger partial charge is 0.299 e. The molecule has 146 valence electrons. The van der Waals surface area contributed by atoms with E-state index in [-0.39, 0.29) is 22.5 Å². The second-order valence-electron chi connectivity index (χ2n) is 9.65. The van der Waals surface area contributed by atoms with Crippen LogP contribution in [0.3, 0.4) is 0 Å². The quantitative estimate of drug-likeness (QED) is 0.866. The maximum Gasteiger partial charge on any atom is 0.245 e. The van der Waals surface area contributed by atoms with Crippen molar-refractivity contribution < 1.29 is 9.59 Å². The molecule has 2 saturated carbocycles. The van der Waals surface area contributed by atoms with Crippen molar-refractivity contribution in [2.75, 3.05) is 11.6 Å². The molecule has 1 amide bonds. The summed E-state index contributed by atoms with van der Waals surface area (Å²) in [7, 11) is 0. The minimum atomic E-state index is -0.616. The third-order valence-electron chi connectivity index (χ3n) is 8.27. The Morgan fingerprint density at radius 2 is 1.96 bits per heavy atom. The summed E-state index contributed by atoms with van der Waals surface area (Å²) < 4.78 is 0. The van der Waals surface area contributed by atoms with Crippen molar-refractivity contribution in [3.8, 4) is 0 Å².